The Labute approximate surface area is 144 Å². The lowest BCUT2D eigenvalue weighted by molar-refractivity contribution is 0.0801. The van der Waals surface area contributed by atoms with Crippen molar-refractivity contribution in [3.8, 4) is 0 Å². The predicted octanol–water partition coefficient (Wildman–Crippen LogP) is 4.89. The summed E-state index contributed by atoms with van der Waals surface area (Å²) in [6.07, 6.45) is 13.8. The van der Waals surface area contributed by atoms with Crippen molar-refractivity contribution in [3.05, 3.63) is 82.0 Å². The van der Waals surface area contributed by atoms with Crippen molar-refractivity contribution in [2.24, 2.45) is 0 Å². The normalized spacial score (nSPS) is 39.0. The van der Waals surface area contributed by atoms with Crippen LogP contribution in [0, 0.1) is 0 Å². The number of fused-ring (bicyclic) bond motifs is 19. The first-order valence-corrected chi connectivity index (χ1v) is 9.05. The zero-order valence-corrected chi connectivity index (χ0v) is 13.3. The summed E-state index contributed by atoms with van der Waals surface area (Å²) in [6, 6.07) is 4.73. The molecule has 0 amide bonds. The van der Waals surface area contributed by atoms with Crippen LogP contribution in [0.4, 0.5) is 0 Å². The maximum atomic E-state index is 6.23. The minimum Gasteiger partial charge on any atom is -0.357 e. The highest BCUT2D eigenvalue weighted by Gasteiger charge is 2.46. The van der Waals surface area contributed by atoms with Crippen LogP contribution in [-0.2, 0) is 14.2 Å². The van der Waals surface area contributed by atoms with Crippen LogP contribution in [0.5, 0.6) is 0 Å². The van der Waals surface area contributed by atoms with Crippen molar-refractivity contribution >= 4 is 10.8 Å². The molecule has 0 spiro atoms. The Hall–Kier alpha value is -2.20. The van der Waals surface area contributed by atoms with Crippen LogP contribution in [-0.4, -0.2) is 0 Å². The summed E-state index contributed by atoms with van der Waals surface area (Å²) in [4.78, 5) is 0. The van der Waals surface area contributed by atoms with E-state index >= 15 is 0 Å². The van der Waals surface area contributed by atoms with Gasteiger partial charge in [-0.15, -0.1) is 0 Å². The van der Waals surface area contributed by atoms with Gasteiger partial charge >= 0.3 is 0 Å². The van der Waals surface area contributed by atoms with E-state index in [0.29, 0.717) is 0 Å². The van der Waals surface area contributed by atoms with E-state index < -0.39 is 0 Å². The summed E-state index contributed by atoms with van der Waals surface area (Å²) >= 11 is 0. The van der Waals surface area contributed by atoms with Crippen molar-refractivity contribution in [3.63, 3.8) is 0 Å². The SMILES string of the molecule is C1=CC2OC1c1cc3c4c(c5c(c3cc12)C1C=CC5O1)C1C=CC4O1. The zero-order chi connectivity index (χ0) is 15.9. The first kappa shape index (κ1) is 12.2. The number of rotatable bonds is 0. The van der Waals surface area contributed by atoms with E-state index in [0.717, 1.165) is 0 Å². The van der Waals surface area contributed by atoms with E-state index in [2.05, 4.69) is 48.6 Å². The van der Waals surface area contributed by atoms with Crippen molar-refractivity contribution in [2.45, 2.75) is 36.6 Å². The van der Waals surface area contributed by atoms with E-state index in [-0.39, 0.29) is 36.6 Å². The summed E-state index contributed by atoms with van der Waals surface area (Å²) in [7, 11) is 0. The van der Waals surface area contributed by atoms with Gasteiger partial charge < -0.3 is 14.2 Å². The first-order valence-electron chi connectivity index (χ1n) is 9.05. The quantitative estimate of drug-likeness (QED) is 0.645. The Morgan fingerprint density at radius 2 is 0.800 bits per heavy atom. The van der Waals surface area contributed by atoms with Gasteiger partial charge in [0, 0.05) is 0 Å². The predicted molar refractivity (Wildman–Crippen MR) is 91.1 cm³/mol. The summed E-state index contributed by atoms with van der Waals surface area (Å²) < 4.78 is 18.5. The molecule has 120 valence electrons. The molecule has 3 nitrogen and oxygen atoms in total. The third-order valence-corrected chi connectivity index (χ3v) is 6.69. The molecule has 0 radical (unpaired) electrons. The fourth-order valence-electron chi connectivity index (χ4n) is 5.74. The van der Waals surface area contributed by atoms with Gasteiger partial charge in [0.1, 0.15) is 36.6 Å². The fourth-order valence-corrected chi connectivity index (χ4v) is 5.74. The van der Waals surface area contributed by atoms with Crippen LogP contribution < -0.4 is 0 Å². The number of ether oxygens (including phenoxy) is 3. The number of hydrogen-bond acceptors (Lipinski definition) is 3. The molecule has 2 aromatic carbocycles. The van der Waals surface area contributed by atoms with Gasteiger partial charge in [-0.05, 0) is 56.3 Å². The molecule has 6 unspecified atom stereocenters. The average Bonchev–Trinajstić information content (AvgIpc) is 3.48. The van der Waals surface area contributed by atoms with E-state index in [1.54, 1.807) is 0 Å². The van der Waals surface area contributed by atoms with Crippen LogP contribution in [0.25, 0.3) is 10.8 Å². The van der Waals surface area contributed by atoms with Gasteiger partial charge in [0.25, 0.3) is 0 Å². The average molecular weight is 326 g/mol. The molecule has 25 heavy (non-hydrogen) atoms. The van der Waals surface area contributed by atoms with Gasteiger partial charge in [0.15, 0.2) is 0 Å². The lowest BCUT2D eigenvalue weighted by atomic mass is 9.79. The van der Waals surface area contributed by atoms with Crippen LogP contribution in [0.3, 0.4) is 0 Å². The van der Waals surface area contributed by atoms with E-state index in [9.17, 15) is 0 Å². The molecule has 0 fully saturated rings. The molecule has 6 heterocycles. The molecule has 0 saturated heterocycles. The molecule has 0 aromatic heterocycles. The van der Waals surface area contributed by atoms with Gasteiger partial charge in [0.05, 0.1) is 0 Å². The molecule has 6 bridgehead atoms. The second kappa shape index (κ2) is 3.65. The molecule has 3 heteroatoms. The molecular weight excluding hydrogens is 312 g/mol. The number of benzene rings is 2. The van der Waals surface area contributed by atoms with Gasteiger partial charge in [-0.1, -0.05) is 36.5 Å². The Kier molecular flexibility index (Phi) is 1.78. The topological polar surface area (TPSA) is 27.7 Å². The van der Waals surface area contributed by atoms with Crippen LogP contribution >= 0.6 is 0 Å². The summed E-state index contributed by atoms with van der Waals surface area (Å²) in [5.74, 6) is 0. The van der Waals surface area contributed by atoms with Crippen molar-refractivity contribution in [2.75, 3.05) is 0 Å². The maximum absolute atomic E-state index is 6.23. The summed E-state index contributed by atoms with van der Waals surface area (Å²) in [5.41, 5.74) is 8.11. The molecule has 6 aliphatic rings. The maximum Gasteiger partial charge on any atom is 0.103 e. The highest BCUT2D eigenvalue weighted by Crippen LogP contribution is 2.60. The third-order valence-electron chi connectivity index (χ3n) is 6.69. The highest BCUT2D eigenvalue weighted by molar-refractivity contribution is 5.96. The summed E-state index contributed by atoms with van der Waals surface area (Å²) in [5, 5.41) is 2.66. The molecular formula is C22H14O3. The van der Waals surface area contributed by atoms with E-state index in [1.807, 2.05) is 0 Å². The molecule has 8 rings (SSSR count). The molecule has 2 aromatic rings. The minimum atomic E-state index is 0.0870. The second-order valence-electron chi connectivity index (χ2n) is 7.77. The Morgan fingerprint density at radius 1 is 0.440 bits per heavy atom. The molecule has 0 aliphatic carbocycles. The Bertz CT molecular complexity index is 1040. The third kappa shape index (κ3) is 1.19. The van der Waals surface area contributed by atoms with Gasteiger partial charge in [-0.2, -0.15) is 0 Å². The van der Waals surface area contributed by atoms with E-state index in [1.165, 1.54) is 44.2 Å². The van der Waals surface area contributed by atoms with Gasteiger partial charge in [0.2, 0.25) is 0 Å². The zero-order valence-electron chi connectivity index (χ0n) is 13.3. The minimum absolute atomic E-state index is 0.0870. The first-order chi connectivity index (χ1) is 12.4. The van der Waals surface area contributed by atoms with Crippen LogP contribution in [0.15, 0.2) is 48.6 Å². The Morgan fingerprint density at radius 3 is 1.28 bits per heavy atom. The number of hydrogen-bond donors (Lipinski definition) is 0. The fraction of sp³-hybridized carbons (Fsp3) is 0.273. The van der Waals surface area contributed by atoms with Crippen LogP contribution in [0.1, 0.15) is 70.0 Å². The van der Waals surface area contributed by atoms with Crippen LogP contribution in [0.2, 0.25) is 0 Å². The molecule has 0 N–H and O–H groups in total. The second-order valence-corrected chi connectivity index (χ2v) is 7.77. The highest BCUT2D eigenvalue weighted by atomic mass is 16.5. The smallest absolute Gasteiger partial charge is 0.103 e. The van der Waals surface area contributed by atoms with Crippen molar-refractivity contribution in [1.29, 1.82) is 0 Å². The largest absolute Gasteiger partial charge is 0.357 e. The molecule has 6 atom stereocenters. The monoisotopic (exact) mass is 326 g/mol. The Balaban J connectivity index is 1.57. The lowest BCUT2D eigenvalue weighted by Crippen LogP contribution is -2.07. The van der Waals surface area contributed by atoms with Crippen molar-refractivity contribution < 1.29 is 14.2 Å². The molecule has 0 saturated carbocycles. The molecule has 6 aliphatic heterocycles. The van der Waals surface area contributed by atoms with Gasteiger partial charge in [-0.3, -0.25) is 0 Å². The lowest BCUT2D eigenvalue weighted by Gasteiger charge is -2.22. The van der Waals surface area contributed by atoms with Gasteiger partial charge in [-0.25, -0.2) is 0 Å². The summed E-state index contributed by atoms with van der Waals surface area (Å²) in [6.45, 7) is 0. The standard InChI is InChI=1S/C22H14O3/c1-2-14-10-8-12-11(7-9(10)13(1)23-14)19-15-3-5-17(24-15)21(19)22-18-6-4-16(25-18)20(12)22/h1-8,13-18H. The van der Waals surface area contributed by atoms with Crippen molar-refractivity contribution in [1.82, 2.24) is 0 Å². The van der Waals surface area contributed by atoms with E-state index in [4.69, 9.17) is 14.2 Å².